The highest BCUT2D eigenvalue weighted by Crippen LogP contribution is 2.33. The predicted molar refractivity (Wildman–Crippen MR) is 119 cm³/mol. The van der Waals surface area contributed by atoms with Crippen LogP contribution in [-0.2, 0) is 27.3 Å². The van der Waals surface area contributed by atoms with Crippen molar-refractivity contribution in [2.24, 2.45) is 5.92 Å². The quantitative estimate of drug-likeness (QED) is 0.744. The molecule has 1 saturated heterocycles. The maximum absolute atomic E-state index is 12.7. The first-order valence-corrected chi connectivity index (χ1v) is 10.6. The Balaban J connectivity index is 1.32. The molecule has 0 saturated carbocycles. The molecule has 2 aliphatic heterocycles. The van der Waals surface area contributed by atoms with Gasteiger partial charge in [0, 0.05) is 31.7 Å². The minimum absolute atomic E-state index is 0.0836. The number of amides is 3. The summed E-state index contributed by atoms with van der Waals surface area (Å²) < 4.78 is 10.7. The average Bonchev–Trinajstić information content (AvgIpc) is 3.23. The van der Waals surface area contributed by atoms with Crippen molar-refractivity contribution >= 4 is 23.4 Å². The number of nitrogens with one attached hydrogen (secondary N) is 1. The van der Waals surface area contributed by atoms with E-state index in [4.69, 9.17) is 9.47 Å². The highest BCUT2D eigenvalue weighted by atomic mass is 16.5. The molecule has 0 aliphatic carbocycles. The number of hydrogen-bond donors (Lipinski definition) is 1. The van der Waals surface area contributed by atoms with Crippen LogP contribution in [0.1, 0.15) is 17.5 Å². The molecule has 32 heavy (non-hydrogen) atoms. The molecule has 0 unspecified atom stereocenters. The second-order valence-corrected chi connectivity index (χ2v) is 8.00. The number of benzene rings is 2. The van der Waals surface area contributed by atoms with E-state index in [1.54, 1.807) is 24.0 Å². The van der Waals surface area contributed by atoms with Crippen LogP contribution in [0.3, 0.4) is 0 Å². The molecule has 2 heterocycles. The molecule has 8 nitrogen and oxygen atoms in total. The second kappa shape index (κ2) is 9.30. The van der Waals surface area contributed by atoms with Gasteiger partial charge >= 0.3 is 0 Å². The Morgan fingerprint density at radius 3 is 2.44 bits per heavy atom. The number of carbonyl (C=O) groups excluding carboxylic acids is 3. The van der Waals surface area contributed by atoms with Gasteiger partial charge in [-0.2, -0.15) is 0 Å². The Morgan fingerprint density at radius 2 is 1.75 bits per heavy atom. The highest BCUT2D eigenvalue weighted by Gasteiger charge is 2.35. The van der Waals surface area contributed by atoms with E-state index in [1.165, 1.54) is 0 Å². The predicted octanol–water partition coefficient (Wildman–Crippen LogP) is 1.76. The molecule has 0 aromatic heterocycles. The van der Waals surface area contributed by atoms with Crippen molar-refractivity contribution < 1.29 is 23.9 Å². The third kappa shape index (κ3) is 4.39. The van der Waals surface area contributed by atoms with Gasteiger partial charge < -0.3 is 24.6 Å². The Morgan fingerprint density at radius 1 is 1.06 bits per heavy atom. The zero-order chi connectivity index (χ0) is 22.7. The van der Waals surface area contributed by atoms with Crippen LogP contribution >= 0.6 is 0 Å². The lowest BCUT2D eigenvalue weighted by atomic mass is 9.98. The SMILES string of the molecule is COc1cc2c(cc1OC)CN(C(=O)CNC(=O)[C@H]1CC(=O)N(c3ccccc3)C1)CC2. The maximum atomic E-state index is 12.7. The van der Waals surface area contributed by atoms with Gasteiger partial charge in [0.1, 0.15) is 0 Å². The van der Waals surface area contributed by atoms with E-state index in [0.717, 1.165) is 16.8 Å². The van der Waals surface area contributed by atoms with Gasteiger partial charge in [0.05, 0.1) is 26.7 Å². The summed E-state index contributed by atoms with van der Waals surface area (Å²) in [7, 11) is 3.18. The fourth-order valence-electron chi connectivity index (χ4n) is 4.26. The number of ether oxygens (including phenoxy) is 2. The van der Waals surface area contributed by atoms with Gasteiger partial charge in [0.15, 0.2) is 11.5 Å². The molecule has 4 rings (SSSR count). The van der Waals surface area contributed by atoms with Crippen molar-refractivity contribution in [1.29, 1.82) is 0 Å². The lowest BCUT2D eigenvalue weighted by molar-refractivity contribution is -0.134. The molecule has 3 amide bonds. The van der Waals surface area contributed by atoms with Crippen LogP contribution in [0.4, 0.5) is 5.69 Å². The molecular formula is C24H27N3O5. The summed E-state index contributed by atoms with van der Waals surface area (Å²) in [4.78, 5) is 41.0. The number of hydrogen-bond acceptors (Lipinski definition) is 5. The summed E-state index contributed by atoms with van der Waals surface area (Å²) in [6.07, 6.45) is 0.853. The Kier molecular flexibility index (Phi) is 6.30. The number of methoxy groups -OCH3 is 2. The molecular weight excluding hydrogens is 410 g/mol. The van der Waals surface area contributed by atoms with E-state index < -0.39 is 5.92 Å². The van der Waals surface area contributed by atoms with Crippen molar-refractivity contribution in [3.63, 3.8) is 0 Å². The minimum Gasteiger partial charge on any atom is -0.493 e. The van der Waals surface area contributed by atoms with E-state index >= 15 is 0 Å². The van der Waals surface area contributed by atoms with Crippen LogP contribution in [0.5, 0.6) is 11.5 Å². The van der Waals surface area contributed by atoms with E-state index in [1.807, 2.05) is 42.5 Å². The number of fused-ring (bicyclic) bond motifs is 1. The second-order valence-electron chi connectivity index (χ2n) is 8.00. The summed E-state index contributed by atoms with van der Waals surface area (Å²) in [6, 6.07) is 13.1. The first kappa shape index (κ1) is 21.7. The van der Waals surface area contributed by atoms with Crippen LogP contribution < -0.4 is 19.7 Å². The van der Waals surface area contributed by atoms with Gasteiger partial charge in [0.2, 0.25) is 17.7 Å². The number of para-hydroxylation sites is 1. The van der Waals surface area contributed by atoms with Gasteiger partial charge in [-0.05, 0) is 41.8 Å². The van der Waals surface area contributed by atoms with Crippen molar-refractivity contribution in [3.8, 4) is 11.5 Å². The smallest absolute Gasteiger partial charge is 0.242 e. The van der Waals surface area contributed by atoms with E-state index in [9.17, 15) is 14.4 Å². The van der Waals surface area contributed by atoms with E-state index in [-0.39, 0.29) is 30.7 Å². The normalized spacial score (nSPS) is 17.7. The minimum atomic E-state index is -0.464. The Hall–Kier alpha value is -3.55. The fourth-order valence-corrected chi connectivity index (χ4v) is 4.26. The lowest BCUT2D eigenvalue weighted by Gasteiger charge is -2.30. The van der Waals surface area contributed by atoms with Crippen LogP contribution in [0.15, 0.2) is 42.5 Å². The summed E-state index contributed by atoms with van der Waals surface area (Å²) >= 11 is 0. The van der Waals surface area contributed by atoms with Crippen LogP contribution in [-0.4, -0.2) is 56.5 Å². The van der Waals surface area contributed by atoms with E-state index in [0.29, 0.717) is 37.6 Å². The van der Waals surface area contributed by atoms with Crippen molar-refractivity contribution in [1.82, 2.24) is 10.2 Å². The summed E-state index contributed by atoms with van der Waals surface area (Å²) in [5.41, 5.74) is 2.91. The summed E-state index contributed by atoms with van der Waals surface area (Å²) in [5.74, 6) is 0.336. The monoisotopic (exact) mass is 437 g/mol. The lowest BCUT2D eigenvalue weighted by Crippen LogP contribution is -2.44. The van der Waals surface area contributed by atoms with Crippen LogP contribution in [0.25, 0.3) is 0 Å². The summed E-state index contributed by atoms with van der Waals surface area (Å²) in [5, 5.41) is 2.73. The molecule has 1 fully saturated rings. The van der Waals surface area contributed by atoms with Crippen molar-refractivity contribution in [2.45, 2.75) is 19.4 Å². The molecule has 168 valence electrons. The third-order valence-electron chi connectivity index (χ3n) is 6.05. The molecule has 0 spiro atoms. The number of anilines is 1. The number of rotatable bonds is 6. The molecule has 8 heteroatoms. The largest absolute Gasteiger partial charge is 0.493 e. The number of carbonyl (C=O) groups is 3. The van der Waals surface area contributed by atoms with Gasteiger partial charge in [-0.25, -0.2) is 0 Å². The Labute approximate surface area is 187 Å². The molecule has 2 aromatic rings. The molecule has 2 aliphatic rings. The standard InChI is InChI=1S/C24H27N3O5/c1-31-20-10-16-8-9-26(14-17(16)11-21(20)32-2)23(29)13-25-24(30)18-12-22(28)27(15-18)19-6-4-3-5-7-19/h3-7,10-11,18H,8-9,12-15H2,1-2H3,(H,25,30)/t18-/m0/s1. The van der Waals surface area contributed by atoms with Gasteiger partial charge in [-0.15, -0.1) is 0 Å². The third-order valence-corrected chi connectivity index (χ3v) is 6.05. The van der Waals surface area contributed by atoms with Crippen LogP contribution in [0.2, 0.25) is 0 Å². The maximum Gasteiger partial charge on any atom is 0.242 e. The zero-order valence-electron chi connectivity index (χ0n) is 18.3. The highest BCUT2D eigenvalue weighted by molar-refractivity contribution is 6.00. The molecule has 2 aromatic carbocycles. The molecule has 0 radical (unpaired) electrons. The number of nitrogens with zero attached hydrogens (tertiary/aromatic N) is 2. The average molecular weight is 437 g/mol. The van der Waals surface area contributed by atoms with E-state index in [2.05, 4.69) is 5.32 Å². The fraction of sp³-hybridized carbons (Fsp3) is 0.375. The Bertz CT molecular complexity index is 1020. The summed E-state index contributed by atoms with van der Waals surface area (Å²) in [6.45, 7) is 1.26. The molecule has 0 bridgehead atoms. The molecule has 1 N–H and O–H groups in total. The first-order chi connectivity index (χ1) is 15.5. The van der Waals surface area contributed by atoms with Gasteiger partial charge in [0.25, 0.3) is 0 Å². The van der Waals surface area contributed by atoms with Crippen molar-refractivity contribution in [3.05, 3.63) is 53.6 Å². The van der Waals surface area contributed by atoms with Gasteiger partial charge in [-0.3, -0.25) is 14.4 Å². The van der Waals surface area contributed by atoms with Gasteiger partial charge in [-0.1, -0.05) is 18.2 Å². The van der Waals surface area contributed by atoms with Crippen molar-refractivity contribution in [2.75, 3.05) is 38.8 Å². The van der Waals surface area contributed by atoms with Crippen LogP contribution in [0, 0.1) is 5.92 Å². The topological polar surface area (TPSA) is 88.2 Å². The first-order valence-electron chi connectivity index (χ1n) is 10.6. The molecule has 1 atom stereocenters. The zero-order valence-corrected chi connectivity index (χ0v) is 18.3.